The summed E-state index contributed by atoms with van der Waals surface area (Å²) in [6.07, 6.45) is 10.0. The van der Waals surface area contributed by atoms with E-state index in [2.05, 4.69) is 9.97 Å². The maximum Gasteiger partial charge on any atom is 0.329 e. The molecule has 0 spiro atoms. The first kappa shape index (κ1) is 15.9. The van der Waals surface area contributed by atoms with Crippen molar-refractivity contribution in [3.63, 3.8) is 0 Å². The zero-order valence-corrected chi connectivity index (χ0v) is 13.2. The Morgan fingerprint density at radius 3 is 2.43 bits per heavy atom. The standard InChI is InChI=1S/C15H23N5O3/c16-14-13(20(21)22)10-17-15(18-14)19-8-6-12(7-9-19)23-11-4-2-1-3-5-11/h10-12H,1-9H2,(H2,16,17,18). The number of nitrogens with zero attached hydrogens (tertiary/aromatic N) is 4. The largest absolute Gasteiger partial charge is 0.378 e. The molecule has 23 heavy (non-hydrogen) atoms. The predicted octanol–water partition coefficient (Wildman–Crippen LogP) is 2.29. The van der Waals surface area contributed by atoms with Crippen LogP contribution in [-0.4, -0.2) is 40.2 Å². The van der Waals surface area contributed by atoms with Gasteiger partial charge in [-0.1, -0.05) is 19.3 Å². The van der Waals surface area contributed by atoms with Gasteiger partial charge in [-0.05, 0) is 25.7 Å². The molecule has 1 saturated carbocycles. The molecule has 0 atom stereocenters. The van der Waals surface area contributed by atoms with Crippen LogP contribution in [0.4, 0.5) is 17.5 Å². The molecule has 2 aliphatic rings. The van der Waals surface area contributed by atoms with Gasteiger partial charge in [0.15, 0.2) is 0 Å². The molecule has 1 aromatic rings. The Morgan fingerprint density at radius 2 is 1.83 bits per heavy atom. The Balaban J connectivity index is 1.54. The molecule has 2 fully saturated rings. The van der Waals surface area contributed by atoms with Crippen LogP contribution in [-0.2, 0) is 4.74 Å². The molecule has 126 valence electrons. The number of hydrogen-bond donors (Lipinski definition) is 1. The predicted molar refractivity (Wildman–Crippen MR) is 86.3 cm³/mol. The number of nitro groups is 1. The van der Waals surface area contributed by atoms with Crippen LogP contribution in [0, 0.1) is 10.1 Å². The molecule has 8 heteroatoms. The van der Waals surface area contributed by atoms with Gasteiger partial charge in [0.05, 0.1) is 17.1 Å². The van der Waals surface area contributed by atoms with Gasteiger partial charge in [-0.15, -0.1) is 0 Å². The molecule has 0 amide bonds. The van der Waals surface area contributed by atoms with Gasteiger partial charge in [-0.2, -0.15) is 4.98 Å². The fourth-order valence-electron chi connectivity index (χ4n) is 3.34. The third kappa shape index (κ3) is 3.87. The number of nitrogens with two attached hydrogens (primary N) is 1. The molecular formula is C15H23N5O3. The van der Waals surface area contributed by atoms with Crippen LogP contribution in [0.3, 0.4) is 0 Å². The van der Waals surface area contributed by atoms with E-state index in [1.807, 2.05) is 4.90 Å². The van der Waals surface area contributed by atoms with E-state index in [0.717, 1.165) is 25.9 Å². The third-order valence-electron chi connectivity index (χ3n) is 4.64. The van der Waals surface area contributed by atoms with Gasteiger partial charge in [0.2, 0.25) is 11.8 Å². The highest BCUT2D eigenvalue weighted by Gasteiger charge is 2.26. The van der Waals surface area contributed by atoms with Crippen molar-refractivity contribution in [3.8, 4) is 0 Å². The number of nitrogen functional groups attached to an aromatic ring is 1. The summed E-state index contributed by atoms with van der Waals surface area (Å²) in [5, 5.41) is 10.8. The maximum atomic E-state index is 10.8. The average molecular weight is 321 g/mol. The highest BCUT2D eigenvalue weighted by molar-refractivity contribution is 5.53. The molecule has 0 bridgehead atoms. The van der Waals surface area contributed by atoms with E-state index < -0.39 is 4.92 Å². The van der Waals surface area contributed by atoms with Crippen LogP contribution >= 0.6 is 0 Å². The number of anilines is 2. The molecule has 3 rings (SSSR count). The third-order valence-corrected chi connectivity index (χ3v) is 4.64. The van der Waals surface area contributed by atoms with E-state index in [1.165, 1.54) is 38.3 Å². The van der Waals surface area contributed by atoms with Crippen LogP contribution in [0.1, 0.15) is 44.9 Å². The molecule has 0 aromatic carbocycles. The molecule has 2 N–H and O–H groups in total. The van der Waals surface area contributed by atoms with E-state index in [9.17, 15) is 10.1 Å². The summed E-state index contributed by atoms with van der Waals surface area (Å²) in [5.41, 5.74) is 5.39. The number of rotatable bonds is 4. The molecule has 1 aliphatic carbocycles. The molecule has 2 heterocycles. The fraction of sp³-hybridized carbons (Fsp3) is 0.733. The van der Waals surface area contributed by atoms with Crippen molar-refractivity contribution in [2.45, 2.75) is 57.2 Å². The lowest BCUT2D eigenvalue weighted by atomic mass is 9.97. The van der Waals surface area contributed by atoms with E-state index >= 15 is 0 Å². The van der Waals surface area contributed by atoms with Crippen molar-refractivity contribution < 1.29 is 9.66 Å². The van der Waals surface area contributed by atoms with Crippen molar-refractivity contribution in [2.24, 2.45) is 0 Å². The van der Waals surface area contributed by atoms with Crippen LogP contribution in [0.5, 0.6) is 0 Å². The zero-order chi connectivity index (χ0) is 16.2. The minimum absolute atomic E-state index is 0.0828. The molecule has 0 radical (unpaired) electrons. The van der Waals surface area contributed by atoms with E-state index in [-0.39, 0.29) is 11.5 Å². The Kier molecular flexibility index (Phi) is 4.90. The second kappa shape index (κ2) is 7.08. The topological polar surface area (TPSA) is 107 Å². The monoisotopic (exact) mass is 321 g/mol. The summed E-state index contributed by atoms with van der Waals surface area (Å²) in [6, 6.07) is 0. The van der Waals surface area contributed by atoms with Crippen LogP contribution < -0.4 is 10.6 Å². The lowest BCUT2D eigenvalue weighted by Gasteiger charge is -2.34. The first-order valence-electron chi connectivity index (χ1n) is 8.31. The quantitative estimate of drug-likeness (QED) is 0.669. The average Bonchev–Trinajstić information content (AvgIpc) is 2.56. The van der Waals surface area contributed by atoms with Gasteiger partial charge >= 0.3 is 5.69 Å². The highest BCUT2D eigenvalue weighted by Crippen LogP contribution is 2.26. The first-order valence-corrected chi connectivity index (χ1v) is 8.31. The lowest BCUT2D eigenvalue weighted by molar-refractivity contribution is -0.384. The van der Waals surface area contributed by atoms with Gasteiger partial charge in [0.25, 0.3) is 0 Å². The number of hydrogen-bond acceptors (Lipinski definition) is 7. The Morgan fingerprint density at radius 1 is 1.17 bits per heavy atom. The van der Waals surface area contributed by atoms with Crippen LogP contribution in [0.2, 0.25) is 0 Å². The molecule has 1 aromatic heterocycles. The van der Waals surface area contributed by atoms with Crippen molar-refractivity contribution in [2.75, 3.05) is 23.7 Å². The summed E-state index contributed by atoms with van der Waals surface area (Å²) in [4.78, 5) is 20.4. The molecule has 1 saturated heterocycles. The highest BCUT2D eigenvalue weighted by atomic mass is 16.6. The van der Waals surface area contributed by atoms with E-state index in [1.54, 1.807) is 0 Å². The van der Waals surface area contributed by atoms with Crippen molar-refractivity contribution >= 4 is 17.5 Å². The minimum Gasteiger partial charge on any atom is -0.378 e. The van der Waals surface area contributed by atoms with Crippen LogP contribution in [0.25, 0.3) is 0 Å². The van der Waals surface area contributed by atoms with Crippen molar-refractivity contribution in [1.29, 1.82) is 0 Å². The van der Waals surface area contributed by atoms with Crippen molar-refractivity contribution in [1.82, 2.24) is 9.97 Å². The molecule has 8 nitrogen and oxygen atoms in total. The number of aromatic nitrogens is 2. The summed E-state index contributed by atoms with van der Waals surface area (Å²) in [5.74, 6) is 0.379. The smallest absolute Gasteiger partial charge is 0.329 e. The first-order chi connectivity index (χ1) is 11.1. The van der Waals surface area contributed by atoms with E-state index in [4.69, 9.17) is 10.5 Å². The molecular weight excluding hydrogens is 298 g/mol. The number of piperidine rings is 1. The van der Waals surface area contributed by atoms with Gasteiger partial charge in [0, 0.05) is 13.1 Å². The second-order valence-corrected chi connectivity index (χ2v) is 6.28. The van der Waals surface area contributed by atoms with Crippen molar-refractivity contribution in [3.05, 3.63) is 16.3 Å². The second-order valence-electron chi connectivity index (χ2n) is 6.28. The summed E-state index contributed by atoms with van der Waals surface area (Å²) in [6.45, 7) is 1.57. The Labute approximate surface area is 135 Å². The normalized spacial score (nSPS) is 20.6. The molecule has 0 unspecified atom stereocenters. The summed E-state index contributed by atoms with van der Waals surface area (Å²) < 4.78 is 6.21. The minimum atomic E-state index is -0.566. The van der Waals surface area contributed by atoms with Gasteiger partial charge in [0.1, 0.15) is 6.20 Å². The van der Waals surface area contributed by atoms with Crippen LogP contribution in [0.15, 0.2) is 6.20 Å². The van der Waals surface area contributed by atoms with Gasteiger partial charge in [-0.3, -0.25) is 10.1 Å². The maximum absolute atomic E-state index is 10.8. The number of ether oxygens (including phenoxy) is 1. The van der Waals surface area contributed by atoms with Gasteiger partial charge in [-0.25, -0.2) is 4.98 Å². The Hall–Kier alpha value is -1.96. The molecule has 1 aliphatic heterocycles. The zero-order valence-electron chi connectivity index (χ0n) is 13.2. The summed E-state index contributed by atoms with van der Waals surface area (Å²) >= 11 is 0. The summed E-state index contributed by atoms with van der Waals surface area (Å²) in [7, 11) is 0. The SMILES string of the molecule is Nc1nc(N2CCC(OC3CCCCC3)CC2)ncc1[N+](=O)[O-]. The Bertz CT molecular complexity index is 554. The van der Waals surface area contributed by atoms with E-state index in [0.29, 0.717) is 18.2 Å². The van der Waals surface area contributed by atoms with Gasteiger partial charge < -0.3 is 15.4 Å². The fourth-order valence-corrected chi connectivity index (χ4v) is 3.34. The lowest BCUT2D eigenvalue weighted by Crippen LogP contribution is -2.39.